The first kappa shape index (κ1) is 36.0. The summed E-state index contributed by atoms with van der Waals surface area (Å²) in [5.74, 6) is -1.27. The summed E-state index contributed by atoms with van der Waals surface area (Å²) in [6, 6.07) is 2.54. The van der Waals surface area contributed by atoms with Crippen LogP contribution in [-0.4, -0.2) is 84.1 Å². The Morgan fingerprint density at radius 1 is 0.925 bits per heavy atom. The number of carbonyl (C=O) groups excluding carboxylic acids is 5. The third-order valence-corrected chi connectivity index (χ3v) is 14.3. The number of hydrogen-bond acceptors (Lipinski definition) is 9. The monoisotopic (exact) mass is 754 g/mol. The van der Waals surface area contributed by atoms with Gasteiger partial charge < -0.3 is 19.7 Å². The molecule has 4 amide bonds. The summed E-state index contributed by atoms with van der Waals surface area (Å²) in [5.41, 5.74) is -0.222. The van der Waals surface area contributed by atoms with Gasteiger partial charge in [-0.05, 0) is 87.2 Å². The van der Waals surface area contributed by atoms with Crippen LogP contribution in [0, 0.1) is 29.0 Å². The van der Waals surface area contributed by atoms with Crippen LogP contribution in [0.2, 0.25) is 0 Å². The Hall–Kier alpha value is -4.01. The highest BCUT2D eigenvalue weighted by Crippen LogP contribution is 2.57. The average molecular weight is 755 g/mol. The van der Waals surface area contributed by atoms with Crippen molar-refractivity contribution in [2.45, 2.75) is 126 Å². The van der Waals surface area contributed by atoms with Crippen molar-refractivity contribution in [1.82, 2.24) is 19.8 Å². The molecule has 286 valence electrons. The smallest absolute Gasteiger partial charge is 0.410 e. The lowest BCUT2D eigenvalue weighted by atomic mass is 9.91. The first-order chi connectivity index (χ1) is 25.4. The Morgan fingerprint density at radius 2 is 1.72 bits per heavy atom. The molecule has 4 saturated carbocycles. The number of fused-ring (bicyclic) bond motifs is 4. The zero-order chi connectivity index (χ0) is 37.1. The van der Waals surface area contributed by atoms with Crippen molar-refractivity contribution < 1.29 is 46.3 Å². The van der Waals surface area contributed by atoms with E-state index in [0.29, 0.717) is 55.1 Å². The van der Waals surface area contributed by atoms with Crippen molar-refractivity contribution in [2.75, 3.05) is 6.54 Å². The number of sulfonamides is 1. The van der Waals surface area contributed by atoms with Crippen LogP contribution in [0.4, 0.5) is 14.0 Å². The van der Waals surface area contributed by atoms with Crippen LogP contribution in [0.25, 0.3) is 0 Å². The predicted octanol–water partition coefficient (Wildman–Crippen LogP) is 4.23. The maximum atomic E-state index is 14.4. The first-order valence-corrected chi connectivity index (χ1v) is 20.7. The van der Waals surface area contributed by atoms with E-state index in [2.05, 4.69) is 10.0 Å². The van der Waals surface area contributed by atoms with Crippen molar-refractivity contribution >= 4 is 39.8 Å². The Kier molecular flexibility index (Phi) is 9.51. The predicted molar refractivity (Wildman–Crippen MR) is 187 cm³/mol. The molecule has 0 radical (unpaired) electrons. The molecule has 53 heavy (non-hydrogen) atoms. The Labute approximate surface area is 308 Å². The third kappa shape index (κ3) is 7.54. The summed E-state index contributed by atoms with van der Waals surface area (Å²) in [7, 11) is -3.88. The van der Waals surface area contributed by atoms with E-state index in [4.69, 9.17) is 9.47 Å². The van der Waals surface area contributed by atoms with Gasteiger partial charge >= 0.3 is 12.2 Å². The number of nitrogens with one attached hydrogen (secondary N) is 2. The molecule has 1 saturated heterocycles. The second-order valence-corrected chi connectivity index (χ2v) is 18.2. The SMILES string of the molecule is O=C(N[C@H]1CCCCC/C=C\[C@@H]2C[C@@]2(C(=O)NS(=O)(=O)C2CC2)CC(=O)[C@@H]2C[C@@H](OC(=O)N3Cc4cccc(F)c4C3)CN2C1=O)OC1C[C@@H]2C[C@@H]2C1. The standard InChI is InChI=1S/C38H47FN4O9S/c39-30-9-6-7-22-19-42(21-29(22)30)37(48)52-27-16-32-33(44)18-38(35(46)41-53(49,50)28-11-12-28)17-25(38)8-4-2-1-3-5-10-31(34(45)43(32)20-27)40-36(47)51-26-14-23-13-24(23)15-26/h4,6-9,23-28,31-32H,1-3,5,10-21H2,(H,40,47)(H,41,46)/b8-4-/t23-,24+,25-,26?,27-,31+,32+,38-/m1/s1. The molecule has 0 bridgehead atoms. The molecule has 8 atom stereocenters. The van der Waals surface area contributed by atoms with E-state index in [9.17, 15) is 36.8 Å². The van der Waals surface area contributed by atoms with Crippen LogP contribution >= 0.6 is 0 Å². The molecule has 8 rings (SSSR count). The minimum atomic E-state index is -3.88. The van der Waals surface area contributed by atoms with E-state index in [0.717, 1.165) is 32.1 Å². The van der Waals surface area contributed by atoms with Crippen molar-refractivity contribution in [2.24, 2.45) is 23.2 Å². The average Bonchev–Trinajstić information content (AvgIpc) is 4.07. The number of ketones is 1. The fourth-order valence-electron chi connectivity index (χ4n) is 9.00. The van der Waals surface area contributed by atoms with Crippen molar-refractivity contribution in [3.8, 4) is 0 Å². The molecule has 1 aromatic rings. The zero-order valence-corrected chi connectivity index (χ0v) is 30.5. The van der Waals surface area contributed by atoms with Crippen molar-refractivity contribution in [3.05, 3.63) is 47.3 Å². The lowest BCUT2D eigenvalue weighted by Gasteiger charge is -2.29. The van der Waals surface area contributed by atoms with Gasteiger partial charge in [-0.25, -0.2) is 22.4 Å². The first-order valence-electron chi connectivity index (χ1n) is 19.1. The largest absolute Gasteiger partial charge is 0.446 e. The number of nitrogens with zero attached hydrogens (tertiary/aromatic N) is 2. The number of rotatable bonds is 6. The fourth-order valence-corrected chi connectivity index (χ4v) is 10.4. The van der Waals surface area contributed by atoms with Crippen LogP contribution in [0.3, 0.4) is 0 Å². The van der Waals surface area contributed by atoms with Crippen LogP contribution in [-0.2, 0) is 47.0 Å². The number of alkyl carbamates (subject to hydrolysis) is 1. The number of halogens is 1. The van der Waals surface area contributed by atoms with E-state index >= 15 is 0 Å². The van der Waals surface area contributed by atoms with E-state index in [1.165, 1.54) is 15.9 Å². The molecule has 5 fully saturated rings. The highest BCUT2D eigenvalue weighted by Gasteiger charge is 2.61. The summed E-state index contributed by atoms with van der Waals surface area (Å²) in [4.78, 5) is 71.7. The van der Waals surface area contributed by atoms with Gasteiger partial charge in [0.15, 0.2) is 5.78 Å². The maximum absolute atomic E-state index is 14.4. The summed E-state index contributed by atoms with van der Waals surface area (Å²) < 4.78 is 53.9. The molecule has 0 aromatic heterocycles. The quantitative estimate of drug-likeness (QED) is 0.404. The van der Waals surface area contributed by atoms with E-state index in [1.807, 2.05) is 12.2 Å². The Bertz CT molecular complexity index is 1820. The minimum absolute atomic E-state index is 0.0193. The highest BCUT2D eigenvalue weighted by atomic mass is 32.2. The van der Waals surface area contributed by atoms with E-state index < -0.39 is 74.5 Å². The number of hydrogen-bond donors (Lipinski definition) is 2. The second-order valence-electron chi connectivity index (χ2n) is 16.3. The van der Waals surface area contributed by atoms with Crippen LogP contribution < -0.4 is 10.0 Å². The lowest BCUT2D eigenvalue weighted by Crippen LogP contribution is -2.52. The van der Waals surface area contributed by atoms with Crippen molar-refractivity contribution in [1.29, 1.82) is 0 Å². The molecule has 1 aromatic carbocycles. The number of carbonyl (C=O) groups is 5. The van der Waals surface area contributed by atoms with Gasteiger partial charge in [0.2, 0.25) is 21.8 Å². The number of amides is 4. The van der Waals surface area contributed by atoms with Gasteiger partial charge in [0.1, 0.15) is 24.1 Å². The number of benzene rings is 1. The highest BCUT2D eigenvalue weighted by molar-refractivity contribution is 7.90. The fraction of sp³-hybridized carbons (Fsp3) is 0.658. The summed E-state index contributed by atoms with van der Waals surface area (Å²) in [6.45, 7) is 0.0376. The molecule has 1 unspecified atom stereocenters. The summed E-state index contributed by atoms with van der Waals surface area (Å²) >= 11 is 0. The van der Waals surface area contributed by atoms with Crippen LogP contribution in [0.5, 0.6) is 0 Å². The molecular formula is C38H47FN4O9S. The van der Waals surface area contributed by atoms with Gasteiger partial charge in [0.05, 0.1) is 29.8 Å². The van der Waals surface area contributed by atoms with Gasteiger partial charge in [-0.3, -0.25) is 24.0 Å². The molecule has 13 nitrogen and oxygen atoms in total. The topological polar surface area (TPSA) is 168 Å². The molecule has 4 aliphatic carbocycles. The molecular weight excluding hydrogens is 708 g/mol. The number of ether oxygens (including phenoxy) is 2. The van der Waals surface area contributed by atoms with Gasteiger partial charge in [-0.2, -0.15) is 0 Å². The molecule has 15 heteroatoms. The Balaban J connectivity index is 1.02. The summed E-state index contributed by atoms with van der Waals surface area (Å²) in [6.07, 6.45) is 8.19. The minimum Gasteiger partial charge on any atom is -0.446 e. The normalized spacial score (nSPS) is 34.4. The second kappa shape index (κ2) is 14.0. The zero-order valence-electron chi connectivity index (χ0n) is 29.7. The number of allylic oxidation sites excluding steroid dienone is 2. The molecule has 0 spiro atoms. The van der Waals surface area contributed by atoms with Gasteiger partial charge in [0, 0.05) is 24.9 Å². The van der Waals surface area contributed by atoms with Crippen LogP contribution in [0.1, 0.15) is 94.6 Å². The van der Waals surface area contributed by atoms with Gasteiger partial charge in [-0.1, -0.05) is 37.1 Å². The van der Waals surface area contributed by atoms with Crippen LogP contribution in [0.15, 0.2) is 30.4 Å². The van der Waals surface area contributed by atoms with Gasteiger partial charge in [-0.15, -0.1) is 0 Å². The van der Waals surface area contributed by atoms with Gasteiger partial charge in [0.25, 0.3) is 0 Å². The lowest BCUT2D eigenvalue weighted by molar-refractivity contribution is -0.140. The number of Topliss-reactive ketones (excluding diaryl/α,β-unsaturated/α-hetero) is 1. The molecule has 3 heterocycles. The van der Waals surface area contributed by atoms with E-state index in [1.54, 1.807) is 12.1 Å². The third-order valence-electron chi connectivity index (χ3n) is 12.4. The van der Waals surface area contributed by atoms with E-state index in [-0.39, 0.29) is 50.9 Å². The maximum Gasteiger partial charge on any atom is 0.410 e. The summed E-state index contributed by atoms with van der Waals surface area (Å²) in [5, 5.41) is 2.16. The molecule has 7 aliphatic rings. The molecule has 3 aliphatic heterocycles. The van der Waals surface area contributed by atoms with Crippen molar-refractivity contribution in [3.63, 3.8) is 0 Å². The molecule has 2 N–H and O–H groups in total. The Morgan fingerprint density at radius 3 is 2.47 bits per heavy atom.